The second-order valence-electron chi connectivity index (χ2n) is 6.18. The van der Waals surface area contributed by atoms with E-state index in [-0.39, 0.29) is 10.7 Å². The summed E-state index contributed by atoms with van der Waals surface area (Å²) < 4.78 is 34.0. The van der Waals surface area contributed by atoms with Crippen LogP contribution in [-0.4, -0.2) is 36.4 Å². The number of rotatable bonds is 5. The second-order valence-corrected chi connectivity index (χ2v) is 8.99. The number of amidine groups is 1. The molecule has 0 saturated carbocycles. The van der Waals surface area contributed by atoms with Crippen molar-refractivity contribution in [3.05, 3.63) is 53.0 Å². The van der Waals surface area contributed by atoms with Crippen molar-refractivity contribution in [2.75, 3.05) is 6.54 Å². The lowest BCUT2D eigenvalue weighted by Gasteiger charge is -2.33. The Kier molecular flexibility index (Phi) is 6.03. The van der Waals surface area contributed by atoms with Crippen LogP contribution in [0.3, 0.4) is 0 Å². The van der Waals surface area contributed by atoms with Crippen molar-refractivity contribution in [3.8, 4) is 11.5 Å². The third-order valence-corrected chi connectivity index (χ3v) is 6.84. The van der Waals surface area contributed by atoms with Crippen molar-refractivity contribution < 1.29 is 18.4 Å². The molecule has 0 bridgehead atoms. The van der Waals surface area contributed by atoms with Gasteiger partial charge in [-0.1, -0.05) is 27.5 Å². The van der Waals surface area contributed by atoms with Crippen LogP contribution < -0.4 is 10.5 Å². The Balaban J connectivity index is 1.81. The summed E-state index contributed by atoms with van der Waals surface area (Å²) in [4.78, 5) is 0.142. The zero-order valence-corrected chi connectivity index (χ0v) is 16.9. The molecular weight excluding hydrogens is 434 g/mol. The molecule has 3 rings (SSSR count). The number of oxime groups is 1. The maximum Gasteiger partial charge on any atom is 0.243 e. The van der Waals surface area contributed by atoms with Crippen molar-refractivity contribution in [3.63, 3.8) is 0 Å². The molecule has 1 heterocycles. The number of nitrogens with zero attached hydrogens (tertiary/aromatic N) is 2. The van der Waals surface area contributed by atoms with Crippen LogP contribution in [0.4, 0.5) is 0 Å². The van der Waals surface area contributed by atoms with Crippen molar-refractivity contribution in [2.45, 2.75) is 30.2 Å². The quantitative estimate of drug-likeness (QED) is 0.311. The summed E-state index contributed by atoms with van der Waals surface area (Å²) >= 11 is 3.36. The van der Waals surface area contributed by atoms with Crippen LogP contribution >= 0.6 is 15.9 Å². The van der Waals surface area contributed by atoms with Gasteiger partial charge in [-0.15, -0.1) is 0 Å². The number of halogens is 1. The summed E-state index contributed by atoms with van der Waals surface area (Å²) in [5.74, 6) is 1.09. The third-order valence-electron chi connectivity index (χ3n) is 4.39. The molecule has 1 saturated heterocycles. The first-order valence-corrected chi connectivity index (χ1v) is 10.7. The van der Waals surface area contributed by atoms with E-state index in [0.717, 1.165) is 17.3 Å². The largest absolute Gasteiger partial charge is 0.457 e. The Labute approximate surface area is 166 Å². The molecule has 7 nitrogen and oxygen atoms in total. The molecule has 144 valence electrons. The lowest BCUT2D eigenvalue weighted by Crippen LogP contribution is -2.50. The fourth-order valence-electron chi connectivity index (χ4n) is 3.01. The normalized spacial score (nSPS) is 19.0. The van der Waals surface area contributed by atoms with Gasteiger partial charge in [0.2, 0.25) is 10.0 Å². The minimum atomic E-state index is -3.76. The van der Waals surface area contributed by atoms with Gasteiger partial charge in [-0.05, 0) is 61.4 Å². The number of benzene rings is 2. The van der Waals surface area contributed by atoms with Crippen LogP contribution in [-0.2, 0) is 10.0 Å². The van der Waals surface area contributed by atoms with Gasteiger partial charge >= 0.3 is 0 Å². The predicted molar refractivity (Wildman–Crippen MR) is 106 cm³/mol. The smallest absolute Gasteiger partial charge is 0.243 e. The average Bonchev–Trinajstić information content (AvgIpc) is 2.69. The first-order valence-electron chi connectivity index (χ1n) is 8.44. The fraction of sp³-hybridized carbons (Fsp3) is 0.278. The van der Waals surface area contributed by atoms with Crippen molar-refractivity contribution in [1.29, 1.82) is 0 Å². The molecule has 0 amide bonds. The highest BCUT2D eigenvalue weighted by atomic mass is 79.9. The van der Waals surface area contributed by atoms with Gasteiger partial charge in [-0.25, -0.2) is 8.42 Å². The molecule has 1 aliphatic rings. The first kappa shape index (κ1) is 19.7. The molecular formula is C18H20BrN3O4S. The van der Waals surface area contributed by atoms with Crippen LogP contribution in [0.25, 0.3) is 0 Å². The van der Waals surface area contributed by atoms with Crippen LogP contribution in [0.5, 0.6) is 11.5 Å². The summed E-state index contributed by atoms with van der Waals surface area (Å²) in [6.07, 6.45) is 2.09. The number of piperidine rings is 1. The van der Waals surface area contributed by atoms with E-state index in [1.807, 2.05) is 24.3 Å². The molecule has 0 radical (unpaired) electrons. The monoisotopic (exact) mass is 453 g/mol. The molecule has 1 aliphatic heterocycles. The second kappa shape index (κ2) is 8.28. The molecule has 2 aromatic rings. The van der Waals surface area contributed by atoms with E-state index in [2.05, 4.69) is 21.1 Å². The first-order chi connectivity index (χ1) is 12.9. The standard InChI is InChI=1S/C18H20BrN3O4S/c19-13-4-6-14(7-5-13)26-15-8-10-16(11-9-15)27(24,25)22-12-2-1-3-17(22)18(20)21-23/h4-11,17,23H,1-3,12H2,(H2,20,21). The molecule has 0 spiro atoms. The minimum absolute atomic E-state index is 0.0894. The van der Waals surface area contributed by atoms with Gasteiger partial charge < -0.3 is 15.7 Å². The Morgan fingerprint density at radius 1 is 1.11 bits per heavy atom. The van der Waals surface area contributed by atoms with E-state index >= 15 is 0 Å². The van der Waals surface area contributed by atoms with E-state index in [4.69, 9.17) is 15.7 Å². The Morgan fingerprint density at radius 3 is 2.30 bits per heavy atom. The van der Waals surface area contributed by atoms with Crippen LogP contribution in [0.2, 0.25) is 0 Å². The third kappa shape index (κ3) is 4.42. The Morgan fingerprint density at radius 2 is 1.70 bits per heavy atom. The topological polar surface area (TPSA) is 105 Å². The highest BCUT2D eigenvalue weighted by Crippen LogP contribution is 2.28. The molecule has 2 aromatic carbocycles. The lowest BCUT2D eigenvalue weighted by molar-refractivity contribution is 0.281. The van der Waals surface area contributed by atoms with E-state index in [1.54, 1.807) is 12.1 Å². The number of hydrogen-bond acceptors (Lipinski definition) is 5. The van der Waals surface area contributed by atoms with E-state index < -0.39 is 16.1 Å². The summed E-state index contributed by atoms with van der Waals surface area (Å²) in [5.41, 5.74) is 5.70. The highest BCUT2D eigenvalue weighted by Gasteiger charge is 2.35. The predicted octanol–water partition coefficient (Wildman–Crippen LogP) is 3.53. The molecule has 27 heavy (non-hydrogen) atoms. The number of ether oxygens (including phenoxy) is 1. The van der Waals surface area contributed by atoms with Gasteiger partial charge in [0, 0.05) is 11.0 Å². The average molecular weight is 454 g/mol. The van der Waals surface area contributed by atoms with E-state index in [0.29, 0.717) is 24.5 Å². The molecule has 1 unspecified atom stereocenters. The van der Waals surface area contributed by atoms with Gasteiger partial charge in [0.05, 0.1) is 10.9 Å². The maximum atomic E-state index is 13.0. The van der Waals surface area contributed by atoms with Crippen LogP contribution in [0.15, 0.2) is 63.1 Å². The SMILES string of the molecule is NC(=NO)C1CCCCN1S(=O)(=O)c1ccc(Oc2ccc(Br)cc2)cc1. The van der Waals surface area contributed by atoms with Gasteiger partial charge in [-0.3, -0.25) is 0 Å². The molecule has 9 heteroatoms. The molecule has 3 N–H and O–H groups in total. The number of hydrogen-bond donors (Lipinski definition) is 2. The molecule has 1 fully saturated rings. The zero-order valence-electron chi connectivity index (χ0n) is 14.5. The Hall–Kier alpha value is -2.10. The van der Waals surface area contributed by atoms with Gasteiger partial charge in [0.1, 0.15) is 11.5 Å². The number of sulfonamides is 1. The lowest BCUT2D eigenvalue weighted by atomic mass is 10.0. The van der Waals surface area contributed by atoms with Gasteiger partial charge in [0.15, 0.2) is 5.84 Å². The molecule has 0 aliphatic carbocycles. The van der Waals surface area contributed by atoms with Gasteiger partial charge in [0.25, 0.3) is 0 Å². The highest BCUT2D eigenvalue weighted by molar-refractivity contribution is 9.10. The summed E-state index contributed by atoms with van der Waals surface area (Å²) in [7, 11) is -3.76. The van der Waals surface area contributed by atoms with Gasteiger partial charge in [-0.2, -0.15) is 4.31 Å². The Bertz CT molecular complexity index is 915. The van der Waals surface area contributed by atoms with E-state index in [9.17, 15) is 8.42 Å². The maximum absolute atomic E-state index is 13.0. The van der Waals surface area contributed by atoms with Crippen LogP contribution in [0, 0.1) is 0 Å². The molecule has 1 atom stereocenters. The van der Waals surface area contributed by atoms with Crippen molar-refractivity contribution in [2.24, 2.45) is 10.9 Å². The van der Waals surface area contributed by atoms with Crippen LogP contribution in [0.1, 0.15) is 19.3 Å². The van der Waals surface area contributed by atoms with E-state index in [1.165, 1.54) is 16.4 Å². The van der Waals surface area contributed by atoms with Crippen molar-refractivity contribution >= 4 is 31.8 Å². The summed E-state index contributed by atoms with van der Waals surface area (Å²) in [6, 6.07) is 12.9. The zero-order chi connectivity index (χ0) is 19.4. The minimum Gasteiger partial charge on any atom is -0.457 e. The summed E-state index contributed by atoms with van der Waals surface area (Å²) in [5, 5.41) is 12.0. The van der Waals surface area contributed by atoms with Crippen molar-refractivity contribution in [1.82, 2.24) is 4.31 Å². The summed E-state index contributed by atoms with van der Waals surface area (Å²) in [6.45, 7) is 0.334. The molecule has 0 aromatic heterocycles. The number of nitrogens with two attached hydrogens (primary N) is 1. The fourth-order valence-corrected chi connectivity index (χ4v) is 4.94.